The van der Waals surface area contributed by atoms with Gasteiger partial charge in [0, 0.05) is 12.6 Å². The van der Waals surface area contributed by atoms with Crippen molar-refractivity contribution in [2.24, 2.45) is 5.92 Å². The Morgan fingerprint density at radius 1 is 1.45 bits per heavy atom. The minimum absolute atomic E-state index is 0.268. The van der Waals surface area contributed by atoms with Crippen LogP contribution in [0.5, 0.6) is 5.75 Å². The van der Waals surface area contributed by atoms with E-state index >= 15 is 0 Å². The fourth-order valence-electron chi connectivity index (χ4n) is 2.35. The molecule has 4 nitrogen and oxygen atoms in total. The Morgan fingerprint density at radius 3 is 2.85 bits per heavy atom. The number of ether oxygens (including phenoxy) is 1. The Bertz CT molecular complexity index is 453. The number of nitrogens with zero attached hydrogens (tertiary/aromatic N) is 1. The Morgan fingerprint density at radius 2 is 2.20 bits per heavy atom. The summed E-state index contributed by atoms with van der Waals surface area (Å²) < 4.78 is 5.49. The van der Waals surface area contributed by atoms with Crippen molar-refractivity contribution < 1.29 is 9.84 Å². The highest BCUT2D eigenvalue weighted by Gasteiger charge is 2.35. The average Bonchev–Trinajstić information content (AvgIpc) is 3.22. The quantitative estimate of drug-likeness (QED) is 0.761. The molecule has 0 amide bonds. The van der Waals surface area contributed by atoms with E-state index in [2.05, 4.69) is 18.3 Å². The summed E-state index contributed by atoms with van der Waals surface area (Å²) in [5.41, 5.74) is 0.607. The van der Waals surface area contributed by atoms with Crippen LogP contribution < -0.4 is 10.1 Å². The molecule has 1 aliphatic rings. The van der Waals surface area contributed by atoms with E-state index in [1.54, 1.807) is 24.3 Å². The number of rotatable bonds is 8. The van der Waals surface area contributed by atoms with Crippen LogP contribution in [0.3, 0.4) is 0 Å². The average molecular weight is 274 g/mol. The molecule has 0 spiro atoms. The smallest absolute Gasteiger partial charge is 0.119 e. The van der Waals surface area contributed by atoms with Gasteiger partial charge >= 0.3 is 0 Å². The lowest BCUT2D eigenvalue weighted by atomic mass is 10.2. The van der Waals surface area contributed by atoms with Gasteiger partial charge in [-0.1, -0.05) is 13.3 Å². The molecule has 1 aromatic rings. The van der Waals surface area contributed by atoms with Crippen LogP contribution in [0.15, 0.2) is 24.3 Å². The van der Waals surface area contributed by atoms with Crippen LogP contribution in [0, 0.1) is 17.2 Å². The van der Waals surface area contributed by atoms with Crippen LogP contribution in [0.2, 0.25) is 0 Å². The molecule has 1 fully saturated rings. The molecular formula is C16H22N2O2. The van der Waals surface area contributed by atoms with Crippen LogP contribution in [-0.2, 0) is 0 Å². The zero-order chi connectivity index (χ0) is 14.4. The molecule has 3 unspecified atom stereocenters. The second kappa shape index (κ2) is 7.28. The first kappa shape index (κ1) is 14.8. The van der Waals surface area contributed by atoms with Crippen LogP contribution in [0.4, 0.5) is 0 Å². The van der Waals surface area contributed by atoms with Crippen molar-refractivity contribution in [2.75, 3.05) is 13.2 Å². The largest absolute Gasteiger partial charge is 0.491 e. The van der Waals surface area contributed by atoms with Crippen molar-refractivity contribution in [3.8, 4) is 11.8 Å². The lowest BCUT2D eigenvalue weighted by Gasteiger charge is -2.13. The highest BCUT2D eigenvalue weighted by atomic mass is 16.5. The predicted molar refractivity (Wildman–Crippen MR) is 77.5 cm³/mol. The van der Waals surface area contributed by atoms with E-state index in [0.29, 0.717) is 23.9 Å². The topological polar surface area (TPSA) is 65.3 Å². The summed E-state index contributed by atoms with van der Waals surface area (Å²) in [6.45, 7) is 3.04. The van der Waals surface area contributed by atoms with Crippen LogP contribution in [-0.4, -0.2) is 30.4 Å². The number of benzene rings is 1. The predicted octanol–water partition coefficient (Wildman–Crippen LogP) is 2.08. The van der Waals surface area contributed by atoms with E-state index in [1.807, 2.05) is 0 Å². The summed E-state index contributed by atoms with van der Waals surface area (Å²) in [5, 5.41) is 21.9. The van der Waals surface area contributed by atoms with Crippen molar-refractivity contribution in [2.45, 2.75) is 38.3 Å². The van der Waals surface area contributed by atoms with Crippen molar-refractivity contribution in [3.63, 3.8) is 0 Å². The molecule has 0 radical (unpaired) electrons. The third-order valence-electron chi connectivity index (χ3n) is 3.62. The molecule has 0 saturated heterocycles. The molecule has 0 heterocycles. The van der Waals surface area contributed by atoms with Gasteiger partial charge in [0.25, 0.3) is 0 Å². The van der Waals surface area contributed by atoms with Gasteiger partial charge in [0.05, 0.1) is 11.6 Å². The lowest BCUT2D eigenvalue weighted by molar-refractivity contribution is 0.106. The van der Waals surface area contributed by atoms with Crippen molar-refractivity contribution in [1.82, 2.24) is 5.32 Å². The van der Waals surface area contributed by atoms with Gasteiger partial charge in [0.2, 0.25) is 0 Å². The first-order valence-corrected chi connectivity index (χ1v) is 7.27. The summed E-state index contributed by atoms with van der Waals surface area (Å²) >= 11 is 0. The molecule has 108 valence electrons. The van der Waals surface area contributed by atoms with E-state index in [0.717, 1.165) is 5.92 Å². The molecule has 0 bridgehead atoms. The van der Waals surface area contributed by atoms with E-state index < -0.39 is 6.10 Å². The third kappa shape index (κ3) is 4.52. The molecule has 2 N–H and O–H groups in total. The highest BCUT2D eigenvalue weighted by molar-refractivity contribution is 5.34. The van der Waals surface area contributed by atoms with Crippen molar-refractivity contribution in [3.05, 3.63) is 29.8 Å². The zero-order valence-electron chi connectivity index (χ0n) is 11.9. The Kier molecular flexibility index (Phi) is 5.40. The van der Waals surface area contributed by atoms with Gasteiger partial charge in [-0.3, -0.25) is 0 Å². The fraction of sp³-hybridized carbons (Fsp3) is 0.562. The maximum atomic E-state index is 9.86. The standard InChI is InChI=1S/C16H22N2O2/c1-2-3-13-8-16(13)18-10-14(19)11-20-15-6-4-12(9-17)5-7-15/h4-7,13-14,16,18-19H,2-3,8,10-11H2,1H3. The molecule has 1 saturated carbocycles. The first-order valence-electron chi connectivity index (χ1n) is 7.27. The van der Waals surface area contributed by atoms with Gasteiger partial charge in [-0.25, -0.2) is 0 Å². The molecule has 3 atom stereocenters. The summed E-state index contributed by atoms with van der Waals surface area (Å²) in [4.78, 5) is 0. The molecule has 0 aliphatic heterocycles. The Balaban J connectivity index is 1.62. The summed E-state index contributed by atoms with van der Waals surface area (Å²) in [5.74, 6) is 1.48. The van der Waals surface area contributed by atoms with Gasteiger partial charge in [-0.15, -0.1) is 0 Å². The van der Waals surface area contributed by atoms with Gasteiger partial charge in [0.1, 0.15) is 18.5 Å². The second-order valence-corrected chi connectivity index (χ2v) is 5.40. The van der Waals surface area contributed by atoms with Crippen LogP contribution >= 0.6 is 0 Å². The van der Waals surface area contributed by atoms with Crippen molar-refractivity contribution in [1.29, 1.82) is 5.26 Å². The zero-order valence-corrected chi connectivity index (χ0v) is 11.9. The van der Waals surface area contributed by atoms with E-state index in [1.165, 1.54) is 19.3 Å². The normalized spacial score (nSPS) is 22.1. The van der Waals surface area contributed by atoms with Crippen molar-refractivity contribution >= 4 is 0 Å². The fourth-order valence-corrected chi connectivity index (χ4v) is 2.35. The summed E-state index contributed by atoms with van der Waals surface area (Å²) in [7, 11) is 0. The van der Waals surface area contributed by atoms with E-state index in [-0.39, 0.29) is 6.61 Å². The number of nitrogens with one attached hydrogen (secondary N) is 1. The van der Waals surface area contributed by atoms with E-state index in [9.17, 15) is 5.11 Å². The Hall–Kier alpha value is -1.57. The molecule has 2 rings (SSSR count). The SMILES string of the molecule is CCCC1CC1NCC(O)COc1ccc(C#N)cc1. The number of hydrogen-bond acceptors (Lipinski definition) is 4. The molecule has 1 aliphatic carbocycles. The number of aliphatic hydroxyl groups excluding tert-OH is 1. The molecule has 0 aromatic heterocycles. The first-order chi connectivity index (χ1) is 9.72. The minimum atomic E-state index is -0.506. The van der Waals surface area contributed by atoms with Gasteiger partial charge in [0.15, 0.2) is 0 Å². The summed E-state index contributed by atoms with van der Waals surface area (Å²) in [6, 6.07) is 9.55. The second-order valence-electron chi connectivity index (χ2n) is 5.40. The number of hydrogen-bond donors (Lipinski definition) is 2. The number of nitriles is 1. The highest BCUT2D eigenvalue weighted by Crippen LogP contribution is 2.34. The molecule has 1 aromatic carbocycles. The molecule has 4 heteroatoms. The molecular weight excluding hydrogens is 252 g/mol. The summed E-state index contributed by atoms with van der Waals surface area (Å²) in [6.07, 6.45) is 3.23. The number of aliphatic hydroxyl groups is 1. The van der Waals surface area contributed by atoms with E-state index in [4.69, 9.17) is 10.00 Å². The van der Waals surface area contributed by atoms with Gasteiger partial charge in [-0.05, 0) is 43.0 Å². The lowest BCUT2D eigenvalue weighted by Crippen LogP contribution is -2.33. The third-order valence-corrected chi connectivity index (χ3v) is 3.62. The monoisotopic (exact) mass is 274 g/mol. The molecule has 20 heavy (non-hydrogen) atoms. The van der Waals surface area contributed by atoms with Gasteiger partial charge < -0.3 is 15.2 Å². The van der Waals surface area contributed by atoms with Crippen LogP contribution in [0.1, 0.15) is 31.7 Å². The minimum Gasteiger partial charge on any atom is -0.491 e. The maximum Gasteiger partial charge on any atom is 0.119 e. The van der Waals surface area contributed by atoms with Crippen LogP contribution in [0.25, 0.3) is 0 Å². The van der Waals surface area contributed by atoms with Gasteiger partial charge in [-0.2, -0.15) is 5.26 Å². The maximum absolute atomic E-state index is 9.86. The Labute approximate surface area is 120 Å².